The minimum atomic E-state index is -0.254. The predicted molar refractivity (Wildman–Crippen MR) is 117 cm³/mol. The van der Waals surface area contributed by atoms with E-state index in [9.17, 15) is 9.18 Å². The number of morpholine rings is 1. The van der Waals surface area contributed by atoms with Crippen molar-refractivity contribution in [2.45, 2.75) is 58.5 Å². The number of aromatic nitrogens is 1. The number of rotatable bonds is 5. The van der Waals surface area contributed by atoms with Crippen LogP contribution < -0.4 is 10.2 Å². The van der Waals surface area contributed by atoms with Gasteiger partial charge in [-0.25, -0.2) is 4.39 Å². The van der Waals surface area contributed by atoms with Crippen molar-refractivity contribution in [3.8, 4) is 0 Å². The zero-order chi connectivity index (χ0) is 21.1. The number of halogens is 1. The van der Waals surface area contributed by atoms with Crippen LogP contribution in [0, 0.1) is 19.7 Å². The fourth-order valence-corrected chi connectivity index (χ4v) is 4.94. The third kappa shape index (κ3) is 4.38. The van der Waals surface area contributed by atoms with Crippen LogP contribution in [0.15, 0.2) is 24.3 Å². The molecule has 2 heterocycles. The van der Waals surface area contributed by atoms with E-state index >= 15 is 0 Å². The molecule has 4 rings (SSSR count). The first-order valence-corrected chi connectivity index (χ1v) is 11.1. The molecule has 1 aliphatic heterocycles. The smallest absolute Gasteiger partial charge is 0.268 e. The Labute approximate surface area is 178 Å². The van der Waals surface area contributed by atoms with Gasteiger partial charge in [0.25, 0.3) is 5.91 Å². The molecule has 1 amide bonds. The van der Waals surface area contributed by atoms with Crippen LogP contribution in [0.5, 0.6) is 0 Å². The summed E-state index contributed by atoms with van der Waals surface area (Å²) in [5, 5.41) is 3.28. The van der Waals surface area contributed by atoms with Crippen molar-refractivity contribution in [3.05, 3.63) is 52.6 Å². The summed E-state index contributed by atoms with van der Waals surface area (Å²) in [6, 6.07) is 6.88. The summed E-state index contributed by atoms with van der Waals surface area (Å²) in [6.07, 6.45) is 5.69. The third-order valence-electron chi connectivity index (χ3n) is 6.44. The van der Waals surface area contributed by atoms with Crippen molar-refractivity contribution >= 4 is 11.6 Å². The number of hydrogen-bond acceptors (Lipinski definition) is 3. The van der Waals surface area contributed by atoms with Crippen molar-refractivity contribution in [1.82, 2.24) is 9.88 Å². The maximum atomic E-state index is 13.8. The summed E-state index contributed by atoms with van der Waals surface area (Å²) < 4.78 is 21.4. The van der Waals surface area contributed by atoms with Gasteiger partial charge in [-0.15, -0.1) is 0 Å². The number of carbonyl (C=O) groups excluding carboxylic acids is 1. The second kappa shape index (κ2) is 9.21. The molecule has 1 saturated carbocycles. The topological polar surface area (TPSA) is 46.5 Å². The fraction of sp³-hybridized carbons (Fsp3) is 0.542. The number of benzene rings is 1. The summed E-state index contributed by atoms with van der Waals surface area (Å²) in [5.74, 6) is -0.269. The van der Waals surface area contributed by atoms with Gasteiger partial charge in [0.1, 0.15) is 11.5 Å². The average Bonchev–Trinajstić information content (AvgIpc) is 2.99. The maximum absolute atomic E-state index is 13.8. The number of nitrogens with zero attached hydrogens (tertiary/aromatic N) is 2. The SMILES string of the molecule is Cc1c(N2CCOCC2)c(C)n(Cc2cccc(F)c2)c1C(=O)NC1CCCCC1. The van der Waals surface area contributed by atoms with Gasteiger partial charge < -0.3 is 19.5 Å². The molecule has 1 aromatic carbocycles. The zero-order valence-electron chi connectivity index (χ0n) is 18.0. The molecule has 1 saturated heterocycles. The molecule has 162 valence electrons. The van der Waals surface area contributed by atoms with Crippen LogP contribution in [0.3, 0.4) is 0 Å². The monoisotopic (exact) mass is 413 g/mol. The highest BCUT2D eigenvalue weighted by Gasteiger charge is 2.28. The van der Waals surface area contributed by atoms with E-state index in [1.807, 2.05) is 13.0 Å². The highest BCUT2D eigenvalue weighted by Crippen LogP contribution is 2.32. The van der Waals surface area contributed by atoms with E-state index in [2.05, 4.69) is 21.7 Å². The summed E-state index contributed by atoms with van der Waals surface area (Å²) in [7, 11) is 0. The predicted octanol–water partition coefficient (Wildman–Crippen LogP) is 4.19. The van der Waals surface area contributed by atoms with Crippen LogP contribution in [0.1, 0.15) is 59.4 Å². The molecule has 0 radical (unpaired) electrons. The molecule has 5 nitrogen and oxygen atoms in total. The van der Waals surface area contributed by atoms with Crippen LogP contribution in [-0.4, -0.2) is 42.8 Å². The number of anilines is 1. The molecule has 2 aliphatic rings. The lowest BCUT2D eigenvalue weighted by Gasteiger charge is -2.29. The second-order valence-corrected chi connectivity index (χ2v) is 8.53. The number of amides is 1. The van der Waals surface area contributed by atoms with Gasteiger partial charge in [-0.05, 0) is 44.4 Å². The van der Waals surface area contributed by atoms with Gasteiger partial charge in [0.2, 0.25) is 0 Å². The first kappa shape index (κ1) is 20.9. The van der Waals surface area contributed by atoms with E-state index in [0.29, 0.717) is 25.5 Å². The van der Waals surface area contributed by atoms with Gasteiger partial charge in [-0.2, -0.15) is 0 Å². The summed E-state index contributed by atoms with van der Waals surface area (Å²) in [6.45, 7) is 7.59. The summed E-state index contributed by atoms with van der Waals surface area (Å²) in [4.78, 5) is 15.7. The van der Waals surface area contributed by atoms with Crippen molar-refractivity contribution in [1.29, 1.82) is 0 Å². The summed E-state index contributed by atoms with van der Waals surface area (Å²) >= 11 is 0. The van der Waals surface area contributed by atoms with Crippen molar-refractivity contribution in [3.63, 3.8) is 0 Å². The second-order valence-electron chi connectivity index (χ2n) is 8.53. The number of hydrogen-bond donors (Lipinski definition) is 1. The Morgan fingerprint density at radius 3 is 2.60 bits per heavy atom. The lowest BCUT2D eigenvalue weighted by atomic mass is 9.95. The molecule has 30 heavy (non-hydrogen) atoms. The Morgan fingerprint density at radius 1 is 1.17 bits per heavy atom. The van der Waals surface area contributed by atoms with E-state index in [0.717, 1.165) is 48.4 Å². The Balaban J connectivity index is 1.70. The Kier molecular flexibility index (Phi) is 6.42. The first-order valence-electron chi connectivity index (χ1n) is 11.1. The normalized spacial score (nSPS) is 17.9. The Morgan fingerprint density at radius 2 is 1.90 bits per heavy atom. The highest BCUT2D eigenvalue weighted by atomic mass is 19.1. The molecular formula is C24H32FN3O2. The van der Waals surface area contributed by atoms with Gasteiger partial charge in [0.15, 0.2) is 0 Å². The Bertz CT molecular complexity index is 896. The van der Waals surface area contributed by atoms with Crippen LogP contribution in [-0.2, 0) is 11.3 Å². The van der Waals surface area contributed by atoms with Crippen LogP contribution in [0.25, 0.3) is 0 Å². The van der Waals surface area contributed by atoms with Gasteiger partial charge in [-0.1, -0.05) is 31.4 Å². The molecule has 1 aliphatic carbocycles. The molecule has 0 unspecified atom stereocenters. The lowest BCUT2D eigenvalue weighted by molar-refractivity contribution is 0.0918. The van der Waals surface area contributed by atoms with Crippen molar-refractivity contribution in [2.24, 2.45) is 0 Å². The Hall–Kier alpha value is -2.34. The van der Waals surface area contributed by atoms with E-state index < -0.39 is 0 Å². The van der Waals surface area contributed by atoms with E-state index in [1.165, 1.54) is 25.3 Å². The van der Waals surface area contributed by atoms with Crippen LogP contribution in [0.2, 0.25) is 0 Å². The fourth-order valence-electron chi connectivity index (χ4n) is 4.94. The zero-order valence-corrected chi connectivity index (χ0v) is 18.0. The largest absolute Gasteiger partial charge is 0.378 e. The van der Waals surface area contributed by atoms with Gasteiger partial charge in [-0.3, -0.25) is 4.79 Å². The molecule has 6 heteroatoms. The van der Waals surface area contributed by atoms with Gasteiger partial charge >= 0.3 is 0 Å². The van der Waals surface area contributed by atoms with E-state index in [-0.39, 0.29) is 17.8 Å². The van der Waals surface area contributed by atoms with Gasteiger partial charge in [0.05, 0.1) is 18.9 Å². The van der Waals surface area contributed by atoms with E-state index in [1.54, 1.807) is 12.1 Å². The minimum Gasteiger partial charge on any atom is -0.378 e. The van der Waals surface area contributed by atoms with Crippen LogP contribution >= 0.6 is 0 Å². The lowest BCUT2D eigenvalue weighted by Crippen LogP contribution is -2.38. The average molecular weight is 414 g/mol. The molecule has 2 fully saturated rings. The van der Waals surface area contributed by atoms with Crippen molar-refractivity contribution < 1.29 is 13.9 Å². The molecule has 0 spiro atoms. The minimum absolute atomic E-state index is 0.0154. The first-order chi connectivity index (χ1) is 14.5. The maximum Gasteiger partial charge on any atom is 0.268 e. The third-order valence-corrected chi connectivity index (χ3v) is 6.44. The number of carbonyl (C=O) groups is 1. The quantitative estimate of drug-likeness (QED) is 0.800. The number of ether oxygens (including phenoxy) is 1. The van der Waals surface area contributed by atoms with Gasteiger partial charge in [0, 0.05) is 36.9 Å². The highest BCUT2D eigenvalue weighted by molar-refractivity contribution is 5.97. The molecule has 2 aromatic rings. The molecule has 1 N–H and O–H groups in total. The van der Waals surface area contributed by atoms with Crippen LogP contribution in [0.4, 0.5) is 10.1 Å². The standard InChI is InChI=1S/C24H32FN3O2/c1-17-22(27-11-13-30-14-12-27)18(2)28(16-19-7-6-8-20(25)15-19)23(17)24(29)26-21-9-4-3-5-10-21/h6-8,15,21H,3-5,9-14,16H2,1-2H3,(H,26,29). The molecule has 1 aromatic heterocycles. The molecule has 0 bridgehead atoms. The van der Waals surface area contributed by atoms with E-state index in [4.69, 9.17) is 4.74 Å². The molecular weight excluding hydrogens is 381 g/mol. The summed E-state index contributed by atoms with van der Waals surface area (Å²) in [5.41, 5.74) is 4.72. The van der Waals surface area contributed by atoms with Crippen molar-refractivity contribution in [2.75, 3.05) is 31.2 Å². The number of nitrogens with one attached hydrogen (secondary N) is 1. The molecule has 0 atom stereocenters.